The fourth-order valence-corrected chi connectivity index (χ4v) is 2.67. The number of methoxy groups -OCH3 is 1. The Morgan fingerprint density at radius 3 is 2.64 bits per heavy atom. The summed E-state index contributed by atoms with van der Waals surface area (Å²) in [6.07, 6.45) is 0.574. The zero-order valence-electron chi connectivity index (χ0n) is 12.1. The average Bonchev–Trinajstić information content (AvgIpc) is 2.60. The van der Waals surface area contributed by atoms with E-state index in [1.54, 1.807) is 12.1 Å². The van der Waals surface area contributed by atoms with Crippen LogP contribution in [-0.4, -0.2) is 24.0 Å². The lowest BCUT2D eigenvalue weighted by molar-refractivity contribution is 0.0600. The van der Waals surface area contributed by atoms with Crippen molar-refractivity contribution in [3.05, 3.63) is 65.2 Å². The van der Waals surface area contributed by atoms with E-state index >= 15 is 0 Å². The molecular weight excluding hydrogens is 280 g/mol. The van der Waals surface area contributed by atoms with Crippen molar-refractivity contribution in [3.8, 4) is 0 Å². The van der Waals surface area contributed by atoms with Gasteiger partial charge in [0.25, 0.3) is 0 Å². The number of hydrogen-bond acceptors (Lipinski definition) is 5. The second-order valence-electron chi connectivity index (χ2n) is 5.11. The molecule has 0 saturated carbocycles. The topological polar surface area (TPSA) is 70.9 Å². The van der Waals surface area contributed by atoms with Crippen LogP contribution in [0.15, 0.2) is 53.7 Å². The smallest absolute Gasteiger partial charge is 0.337 e. The Kier molecular flexibility index (Phi) is 3.78. The van der Waals surface area contributed by atoms with Crippen LogP contribution in [0, 0.1) is 0 Å². The van der Waals surface area contributed by atoms with Gasteiger partial charge in [0.05, 0.1) is 24.4 Å². The number of fused-ring (bicyclic) bond motifs is 1. The summed E-state index contributed by atoms with van der Waals surface area (Å²) < 4.78 is 4.70. The van der Waals surface area contributed by atoms with Crippen molar-refractivity contribution < 1.29 is 14.7 Å². The summed E-state index contributed by atoms with van der Waals surface area (Å²) in [7, 11) is 1.36. The summed E-state index contributed by atoms with van der Waals surface area (Å²) in [6, 6.07) is 15.0. The quantitative estimate of drug-likeness (QED) is 0.507. The molecule has 0 spiro atoms. The fourth-order valence-electron chi connectivity index (χ4n) is 2.67. The van der Waals surface area contributed by atoms with Crippen LogP contribution in [0.5, 0.6) is 0 Å². The van der Waals surface area contributed by atoms with E-state index in [-0.39, 0.29) is 12.0 Å². The molecule has 0 radical (unpaired) electrons. The highest BCUT2D eigenvalue weighted by atomic mass is 16.5. The number of carbonyl (C=O) groups excluding carboxylic acids is 1. The minimum Gasteiger partial charge on any atom is -0.465 e. The average molecular weight is 296 g/mol. The molecule has 2 N–H and O–H groups in total. The third kappa shape index (κ3) is 2.53. The number of rotatable bonds is 2. The molecular formula is C17H16N2O3. The van der Waals surface area contributed by atoms with Gasteiger partial charge in [0.2, 0.25) is 0 Å². The summed E-state index contributed by atoms with van der Waals surface area (Å²) in [4.78, 5) is 11.5. The van der Waals surface area contributed by atoms with Crippen LogP contribution in [-0.2, 0) is 4.74 Å². The first-order valence-corrected chi connectivity index (χ1v) is 6.98. The van der Waals surface area contributed by atoms with E-state index in [9.17, 15) is 10.0 Å². The Morgan fingerprint density at radius 2 is 1.95 bits per heavy atom. The first-order valence-electron chi connectivity index (χ1n) is 6.98. The van der Waals surface area contributed by atoms with Crippen LogP contribution in [0.4, 0.5) is 5.69 Å². The summed E-state index contributed by atoms with van der Waals surface area (Å²) in [5.74, 6) is -0.355. The van der Waals surface area contributed by atoms with E-state index in [1.165, 1.54) is 7.11 Å². The minimum atomic E-state index is -0.355. The molecule has 0 aromatic heterocycles. The van der Waals surface area contributed by atoms with E-state index in [0.29, 0.717) is 17.7 Å². The molecule has 1 aliphatic rings. The highest BCUT2D eigenvalue weighted by Crippen LogP contribution is 2.32. The van der Waals surface area contributed by atoms with Gasteiger partial charge in [-0.25, -0.2) is 4.79 Å². The number of oxime groups is 1. The highest BCUT2D eigenvalue weighted by molar-refractivity contribution is 6.06. The van der Waals surface area contributed by atoms with Crippen LogP contribution in [0.3, 0.4) is 0 Å². The summed E-state index contributed by atoms with van der Waals surface area (Å²) in [5, 5.41) is 16.1. The largest absolute Gasteiger partial charge is 0.465 e. The van der Waals surface area contributed by atoms with Crippen LogP contribution in [0.25, 0.3) is 0 Å². The fraction of sp³-hybridized carbons (Fsp3) is 0.176. The van der Waals surface area contributed by atoms with E-state index < -0.39 is 0 Å². The molecule has 1 unspecified atom stereocenters. The minimum absolute atomic E-state index is 0.00695. The number of para-hydroxylation sites is 1. The molecule has 112 valence electrons. The molecule has 5 heteroatoms. The van der Waals surface area contributed by atoms with E-state index in [4.69, 9.17) is 4.74 Å². The standard InChI is InChI=1S/C17H16N2O3/c1-22-17(20)12-8-6-11(7-9-12)15-10-16(19-21)13-4-2-3-5-14(13)18-15/h2-9,15,18,21H,10H2,1H3/b19-16-. The first kappa shape index (κ1) is 14.1. The molecule has 5 nitrogen and oxygen atoms in total. The SMILES string of the molecule is COC(=O)c1ccc(C2C/C(=N/O)c3ccccc3N2)cc1. The molecule has 1 aliphatic heterocycles. The molecule has 22 heavy (non-hydrogen) atoms. The number of anilines is 1. The van der Waals surface area contributed by atoms with Crippen molar-refractivity contribution >= 4 is 17.4 Å². The van der Waals surface area contributed by atoms with Crippen molar-refractivity contribution in [2.45, 2.75) is 12.5 Å². The molecule has 1 heterocycles. The van der Waals surface area contributed by atoms with Crippen molar-refractivity contribution in [2.75, 3.05) is 12.4 Å². The summed E-state index contributed by atoms with van der Waals surface area (Å²) in [6.45, 7) is 0. The van der Waals surface area contributed by atoms with E-state index in [2.05, 4.69) is 10.5 Å². The maximum atomic E-state index is 11.5. The normalized spacial score (nSPS) is 18.4. The molecule has 0 bridgehead atoms. The number of nitrogens with zero attached hydrogens (tertiary/aromatic N) is 1. The number of hydrogen-bond donors (Lipinski definition) is 2. The van der Waals surface area contributed by atoms with Gasteiger partial charge in [-0.15, -0.1) is 0 Å². The number of benzene rings is 2. The first-order chi connectivity index (χ1) is 10.7. The van der Waals surface area contributed by atoms with Gasteiger partial charge in [-0.1, -0.05) is 35.5 Å². The van der Waals surface area contributed by atoms with Gasteiger partial charge < -0.3 is 15.3 Å². The lowest BCUT2D eigenvalue weighted by Crippen LogP contribution is -2.23. The number of esters is 1. The second kappa shape index (κ2) is 5.89. The van der Waals surface area contributed by atoms with Crippen molar-refractivity contribution in [1.82, 2.24) is 0 Å². The molecule has 0 amide bonds. The lowest BCUT2D eigenvalue weighted by atomic mass is 9.91. The molecule has 0 fully saturated rings. The number of carbonyl (C=O) groups is 1. The summed E-state index contributed by atoms with van der Waals surface area (Å²) in [5.41, 5.74) is 4.02. The zero-order valence-corrected chi connectivity index (χ0v) is 12.1. The Morgan fingerprint density at radius 1 is 1.23 bits per heavy atom. The molecule has 2 aromatic carbocycles. The van der Waals surface area contributed by atoms with Gasteiger partial charge in [-0.05, 0) is 23.8 Å². The summed E-state index contributed by atoms with van der Waals surface area (Å²) >= 11 is 0. The molecule has 0 aliphatic carbocycles. The van der Waals surface area contributed by atoms with Gasteiger partial charge >= 0.3 is 5.97 Å². The van der Waals surface area contributed by atoms with Crippen LogP contribution < -0.4 is 5.32 Å². The van der Waals surface area contributed by atoms with E-state index in [0.717, 1.165) is 16.8 Å². The lowest BCUT2D eigenvalue weighted by Gasteiger charge is -2.28. The highest BCUT2D eigenvalue weighted by Gasteiger charge is 2.24. The molecule has 2 aromatic rings. The third-order valence-corrected chi connectivity index (χ3v) is 3.82. The molecule has 3 rings (SSSR count). The van der Waals surface area contributed by atoms with Gasteiger partial charge in [0.1, 0.15) is 0 Å². The maximum absolute atomic E-state index is 11.5. The van der Waals surface area contributed by atoms with Crippen molar-refractivity contribution in [3.63, 3.8) is 0 Å². The van der Waals surface area contributed by atoms with Crippen LogP contribution in [0.1, 0.15) is 33.9 Å². The van der Waals surface area contributed by atoms with E-state index in [1.807, 2.05) is 36.4 Å². The predicted molar refractivity (Wildman–Crippen MR) is 83.5 cm³/mol. The Labute approximate surface area is 128 Å². The van der Waals surface area contributed by atoms with Gasteiger partial charge in [0, 0.05) is 17.7 Å². The Balaban J connectivity index is 1.89. The van der Waals surface area contributed by atoms with Crippen LogP contribution in [0.2, 0.25) is 0 Å². The molecule has 1 atom stereocenters. The van der Waals surface area contributed by atoms with Gasteiger partial charge in [0.15, 0.2) is 0 Å². The number of ether oxygens (including phenoxy) is 1. The van der Waals surface area contributed by atoms with Crippen LogP contribution >= 0.6 is 0 Å². The monoisotopic (exact) mass is 296 g/mol. The van der Waals surface area contributed by atoms with Gasteiger partial charge in [-0.3, -0.25) is 0 Å². The number of nitrogens with one attached hydrogen (secondary N) is 1. The van der Waals surface area contributed by atoms with Crippen molar-refractivity contribution in [1.29, 1.82) is 0 Å². The zero-order chi connectivity index (χ0) is 15.5. The van der Waals surface area contributed by atoms with Gasteiger partial charge in [-0.2, -0.15) is 0 Å². The maximum Gasteiger partial charge on any atom is 0.337 e. The Bertz CT molecular complexity index is 723. The molecule has 0 saturated heterocycles. The van der Waals surface area contributed by atoms with Crippen molar-refractivity contribution in [2.24, 2.45) is 5.16 Å². The Hall–Kier alpha value is -2.82. The predicted octanol–water partition coefficient (Wildman–Crippen LogP) is 3.21. The second-order valence-corrected chi connectivity index (χ2v) is 5.11. The third-order valence-electron chi connectivity index (χ3n) is 3.82.